The van der Waals surface area contributed by atoms with Gasteiger partial charge < -0.3 is 9.47 Å². The maximum absolute atomic E-state index is 13.1. The summed E-state index contributed by atoms with van der Waals surface area (Å²) in [5, 5.41) is 0. The van der Waals surface area contributed by atoms with Gasteiger partial charge in [0.05, 0.1) is 12.0 Å². The van der Waals surface area contributed by atoms with Gasteiger partial charge in [0.15, 0.2) is 6.10 Å². The van der Waals surface area contributed by atoms with Crippen molar-refractivity contribution in [3.05, 3.63) is 41.5 Å². The van der Waals surface area contributed by atoms with Crippen LogP contribution in [0.3, 0.4) is 0 Å². The third kappa shape index (κ3) is 4.30. The zero-order chi connectivity index (χ0) is 19.2. The zero-order valence-corrected chi connectivity index (χ0v) is 15.7. The third-order valence-corrected chi connectivity index (χ3v) is 4.91. The molecule has 1 aromatic carbocycles. The summed E-state index contributed by atoms with van der Waals surface area (Å²) in [7, 11) is 0. The molecule has 0 aromatic heterocycles. The Bertz CT molecular complexity index is 741. The van der Waals surface area contributed by atoms with Gasteiger partial charge in [-0.15, -0.1) is 18.8 Å². The summed E-state index contributed by atoms with van der Waals surface area (Å²) in [6.45, 7) is 6.32. The summed E-state index contributed by atoms with van der Waals surface area (Å²) in [6, 6.07) is 7.67. The minimum Gasteiger partial charge on any atom is -0.494 e. The van der Waals surface area contributed by atoms with E-state index >= 15 is 0 Å². The van der Waals surface area contributed by atoms with Crippen LogP contribution in [0.25, 0.3) is 0 Å². The van der Waals surface area contributed by atoms with Gasteiger partial charge in [-0.2, -0.15) is 0 Å². The van der Waals surface area contributed by atoms with Crippen molar-refractivity contribution in [1.82, 2.24) is 0 Å². The molecule has 3 nitrogen and oxygen atoms in total. The minimum atomic E-state index is -0.716. The van der Waals surface area contributed by atoms with Crippen molar-refractivity contribution in [3.63, 3.8) is 0 Å². The van der Waals surface area contributed by atoms with Gasteiger partial charge in [0.1, 0.15) is 5.75 Å². The molecule has 3 heteroatoms. The molecule has 0 heterocycles. The van der Waals surface area contributed by atoms with E-state index in [1.165, 1.54) is 0 Å². The van der Waals surface area contributed by atoms with E-state index in [2.05, 4.69) is 11.8 Å². The Labute approximate surface area is 156 Å². The highest BCUT2D eigenvalue weighted by Crippen LogP contribution is 2.48. The molecular weight excluding hydrogens is 324 g/mol. The normalized spacial score (nSPS) is 17.3. The maximum atomic E-state index is 13.1. The van der Waals surface area contributed by atoms with Gasteiger partial charge >= 0.3 is 5.97 Å². The van der Waals surface area contributed by atoms with E-state index in [-0.39, 0.29) is 11.9 Å². The number of carbonyl (C=O) groups excluding carboxylic acids is 1. The molecule has 0 aliphatic heterocycles. The predicted molar refractivity (Wildman–Crippen MR) is 104 cm³/mol. The van der Waals surface area contributed by atoms with E-state index in [9.17, 15) is 4.79 Å². The molecular formula is C23H26O3. The van der Waals surface area contributed by atoms with Crippen LogP contribution in [0.4, 0.5) is 0 Å². The molecule has 0 radical (unpaired) electrons. The Morgan fingerprint density at radius 2 is 2.00 bits per heavy atom. The molecule has 0 bridgehead atoms. The standard InChI is InChI=1S/C23H26O3/c1-6-9-10-17(4)21(7-2)26-22(24)23(5,18-11-12-18)19-13-15-20(16-14-19)25-8-3/h1-2,10,13-16,18,21H,8-9,11-12H2,3-5H3. The average molecular weight is 350 g/mol. The first-order valence-corrected chi connectivity index (χ1v) is 8.98. The van der Waals surface area contributed by atoms with E-state index in [0.717, 1.165) is 29.7 Å². The van der Waals surface area contributed by atoms with Crippen LogP contribution in [-0.4, -0.2) is 18.7 Å². The average Bonchev–Trinajstić information content (AvgIpc) is 3.49. The lowest BCUT2D eigenvalue weighted by molar-refractivity contribution is -0.152. The van der Waals surface area contributed by atoms with E-state index < -0.39 is 11.5 Å². The number of hydrogen-bond donors (Lipinski definition) is 0. The lowest BCUT2D eigenvalue weighted by atomic mass is 9.78. The second kappa shape index (κ2) is 8.63. The molecule has 1 fully saturated rings. The van der Waals surface area contributed by atoms with E-state index in [1.54, 1.807) is 0 Å². The molecule has 136 valence electrons. The summed E-state index contributed by atoms with van der Waals surface area (Å²) in [4.78, 5) is 13.1. The van der Waals surface area contributed by atoms with Gasteiger partial charge in [0.2, 0.25) is 0 Å². The molecule has 1 aromatic rings. The second-order valence-corrected chi connectivity index (χ2v) is 6.74. The third-order valence-electron chi connectivity index (χ3n) is 4.91. The van der Waals surface area contributed by atoms with E-state index in [1.807, 2.05) is 51.1 Å². The summed E-state index contributed by atoms with van der Waals surface area (Å²) < 4.78 is 11.2. The van der Waals surface area contributed by atoms with Crippen molar-refractivity contribution in [2.24, 2.45) is 5.92 Å². The molecule has 26 heavy (non-hydrogen) atoms. The number of hydrogen-bond acceptors (Lipinski definition) is 3. The summed E-state index contributed by atoms with van der Waals surface area (Å²) in [5.41, 5.74) is 0.991. The molecule has 1 aliphatic carbocycles. The number of benzene rings is 1. The van der Waals surface area contributed by atoms with Crippen LogP contribution < -0.4 is 4.74 Å². The quantitative estimate of drug-likeness (QED) is 0.399. The molecule has 2 rings (SSSR count). The first-order chi connectivity index (χ1) is 12.5. The number of esters is 1. The number of carbonyl (C=O) groups is 1. The van der Waals surface area contributed by atoms with E-state index in [0.29, 0.717) is 13.0 Å². The monoisotopic (exact) mass is 350 g/mol. The zero-order valence-electron chi connectivity index (χ0n) is 15.7. The van der Waals surface area contributed by atoms with Gasteiger partial charge in [-0.1, -0.05) is 24.1 Å². The lowest BCUT2D eigenvalue weighted by Gasteiger charge is -2.29. The van der Waals surface area contributed by atoms with Crippen LogP contribution in [0, 0.1) is 30.6 Å². The summed E-state index contributed by atoms with van der Waals surface area (Å²) in [5.74, 6) is 5.85. The topological polar surface area (TPSA) is 35.5 Å². The first kappa shape index (κ1) is 19.7. The largest absolute Gasteiger partial charge is 0.494 e. The van der Waals surface area contributed by atoms with Crippen molar-refractivity contribution in [1.29, 1.82) is 0 Å². The van der Waals surface area contributed by atoms with Crippen molar-refractivity contribution in [2.75, 3.05) is 6.61 Å². The van der Waals surface area contributed by atoms with Crippen LogP contribution in [-0.2, 0) is 14.9 Å². The van der Waals surface area contributed by atoms with Crippen LogP contribution in [0.2, 0.25) is 0 Å². The van der Waals surface area contributed by atoms with Gasteiger partial charge in [0.25, 0.3) is 0 Å². The molecule has 0 saturated heterocycles. The van der Waals surface area contributed by atoms with E-state index in [4.69, 9.17) is 22.3 Å². The minimum absolute atomic E-state index is 0.265. The Morgan fingerprint density at radius 3 is 2.50 bits per heavy atom. The smallest absolute Gasteiger partial charge is 0.318 e. The lowest BCUT2D eigenvalue weighted by Crippen LogP contribution is -2.39. The molecule has 0 spiro atoms. The van der Waals surface area contributed by atoms with Crippen LogP contribution in [0.5, 0.6) is 5.75 Å². The highest BCUT2D eigenvalue weighted by Gasteiger charge is 2.50. The predicted octanol–water partition coefficient (Wildman–Crippen LogP) is 4.27. The van der Waals surface area contributed by atoms with Gasteiger partial charge in [0, 0.05) is 6.42 Å². The highest BCUT2D eigenvalue weighted by molar-refractivity contribution is 5.84. The van der Waals surface area contributed by atoms with Crippen LogP contribution >= 0.6 is 0 Å². The summed E-state index contributed by atoms with van der Waals surface area (Å²) in [6.07, 6.45) is 14.5. The van der Waals surface area contributed by atoms with Gasteiger partial charge in [-0.05, 0) is 62.8 Å². The second-order valence-electron chi connectivity index (χ2n) is 6.74. The Balaban J connectivity index is 2.24. The van der Waals surface area contributed by atoms with Crippen molar-refractivity contribution in [3.8, 4) is 30.4 Å². The van der Waals surface area contributed by atoms with Gasteiger partial charge in [-0.3, -0.25) is 4.79 Å². The Morgan fingerprint density at radius 1 is 1.35 bits per heavy atom. The Kier molecular flexibility index (Phi) is 6.53. The fourth-order valence-electron chi connectivity index (χ4n) is 3.06. The molecule has 1 aliphatic rings. The van der Waals surface area contributed by atoms with Crippen LogP contribution in [0.15, 0.2) is 35.9 Å². The fourth-order valence-corrected chi connectivity index (χ4v) is 3.06. The molecule has 0 N–H and O–H groups in total. The molecule has 1 saturated carbocycles. The van der Waals surface area contributed by atoms with Crippen molar-refractivity contribution >= 4 is 5.97 Å². The van der Waals surface area contributed by atoms with Crippen molar-refractivity contribution in [2.45, 2.75) is 51.6 Å². The SMILES string of the molecule is C#CCC=C(C)C(C#C)OC(=O)C(C)(c1ccc(OCC)cc1)C1CC1. The number of terminal acetylenes is 2. The fraction of sp³-hybridized carbons (Fsp3) is 0.435. The highest BCUT2D eigenvalue weighted by atomic mass is 16.5. The Hall–Kier alpha value is -2.65. The molecule has 0 amide bonds. The van der Waals surface area contributed by atoms with Crippen molar-refractivity contribution < 1.29 is 14.3 Å². The van der Waals surface area contributed by atoms with Gasteiger partial charge in [-0.25, -0.2) is 0 Å². The van der Waals surface area contributed by atoms with Crippen LogP contribution in [0.1, 0.15) is 45.6 Å². The molecule has 2 unspecified atom stereocenters. The summed E-state index contributed by atoms with van der Waals surface area (Å²) >= 11 is 0. The number of rotatable bonds is 8. The number of ether oxygens (including phenoxy) is 2. The maximum Gasteiger partial charge on any atom is 0.318 e. The first-order valence-electron chi connectivity index (χ1n) is 8.98. The number of allylic oxidation sites excluding steroid dienone is 1. The molecule has 2 atom stereocenters.